The molecule has 0 aliphatic carbocycles. The number of hydrogen-bond acceptors (Lipinski definition) is 3. The van der Waals surface area contributed by atoms with Crippen molar-refractivity contribution in [1.29, 1.82) is 0 Å². The molecule has 0 aliphatic rings. The number of aliphatic hydroxyl groups excluding tert-OH is 1. The van der Waals surface area contributed by atoms with Gasteiger partial charge < -0.3 is 10.8 Å². The molecule has 0 aromatic rings. The molecule has 16 heavy (non-hydrogen) atoms. The lowest BCUT2D eigenvalue weighted by Gasteiger charge is -2.21. The number of nitrogens with two attached hydrogens (primary N) is 1. The molecule has 0 fully saturated rings. The van der Waals surface area contributed by atoms with Gasteiger partial charge in [-0.2, -0.15) is 0 Å². The average Bonchev–Trinajstić information content (AvgIpc) is 2.28. The Labute approximate surface area is 100 Å². The molecule has 3 heteroatoms. The highest BCUT2D eigenvalue weighted by atomic mass is 16.3. The average molecular weight is 228 g/mol. The lowest BCUT2D eigenvalue weighted by Crippen LogP contribution is -2.28. The molecule has 0 radical (unpaired) electrons. The van der Waals surface area contributed by atoms with E-state index in [1.165, 1.54) is 19.3 Å². The van der Waals surface area contributed by atoms with Crippen LogP contribution in [-0.4, -0.2) is 42.8 Å². The van der Waals surface area contributed by atoms with Gasteiger partial charge in [0.2, 0.25) is 0 Å². The number of rotatable bonds is 11. The zero-order valence-corrected chi connectivity index (χ0v) is 10.7. The number of nitrogens with zero attached hydrogens (tertiary/aromatic N) is 1. The van der Waals surface area contributed by atoms with Crippen LogP contribution < -0.4 is 5.73 Å². The predicted octanol–water partition coefficient (Wildman–Crippen LogP) is 1.62. The van der Waals surface area contributed by atoms with Gasteiger partial charge in [-0.3, -0.25) is 4.90 Å². The summed E-state index contributed by atoms with van der Waals surface area (Å²) in [4.78, 5) is 2.24. The van der Waals surface area contributed by atoms with Crippen molar-refractivity contribution in [2.75, 3.05) is 32.8 Å². The first-order valence-electron chi connectivity index (χ1n) is 6.42. The van der Waals surface area contributed by atoms with Crippen LogP contribution in [0, 0.1) is 5.92 Å². The summed E-state index contributed by atoms with van der Waals surface area (Å²) < 4.78 is 0. The molecular formula is C13H28N2O. The minimum absolute atomic E-state index is 0.230. The van der Waals surface area contributed by atoms with E-state index in [1.54, 1.807) is 0 Å². The van der Waals surface area contributed by atoms with Crippen molar-refractivity contribution in [2.24, 2.45) is 11.7 Å². The van der Waals surface area contributed by atoms with Gasteiger partial charge in [-0.15, -0.1) is 6.58 Å². The number of hydrogen-bond donors (Lipinski definition) is 2. The third-order valence-corrected chi connectivity index (χ3v) is 3.04. The molecule has 0 amide bonds. The Morgan fingerprint density at radius 2 is 2.12 bits per heavy atom. The normalized spacial score (nSPS) is 13.0. The summed E-state index contributed by atoms with van der Waals surface area (Å²) in [6, 6.07) is 0. The van der Waals surface area contributed by atoms with Gasteiger partial charge in [-0.05, 0) is 38.3 Å². The fraction of sp³-hybridized carbons (Fsp3) is 0.846. The third kappa shape index (κ3) is 7.85. The van der Waals surface area contributed by atoms with Gasteiger partial charge in [0.05, 0.1) is 6.61 Å². The SMILES string of the molecule is C=CCN(CCO)CCCC(CC)CCN. The molecule has 3 nitrogen and oxygen atoms in total. The van der Waals surface area contributed by atoms with Gasteiger partial charge in [0.1, 0.15) is 0 Å². The van der Waals surface area contributed by atoms with E-state index in [0.717, 1.165) is 38.5 Å². The van der Waals surface area contributed by atoms with Gasteiger partial charge in [-0.25, -0.2) is 0 Å². The minimum atomic E-state index is 0.230. The quantitative estimate of drug-likeness (QED) is 0.528. The van der Waals surface area contributed by atoms with Crippen LogP contribution in [0.25, 0.3) is 0 Å². The molecule has 96 valence electrons. The van der Waals surface area contributed by atoms with Crippen LogP contribution in [0.15, 0.2) is 12.7 Å². The second-order valence-electron chi connectivity index (χ2n) is 4.31. The zero-order valence-electron chi connectivity index (χ0n) is 10.7. The van der Waals surface area contributed by atoms with Crippen LogP contribution in [0.2, 0.25) is 0 Å². The molecule has 0 saturated carbocycles. The van der Waals surface area contributed by atoms with Gasteiger partial charge in [0.15, 0.2) is 0 Å². The number of aliphatic hydroxyl groups is 1. The standard InChI is InChI=1S/C13H28N2O/c1-3-9-15(11-12-16)10-5-6-13(4-2)7-8-14/h3,13,16H,1,4-12,14H2,2H3. The third-order valence-electron chi connectivity index (χ3n) is 3.04. The van der Waals surface area contributed by atoms with Crippen molar-refractivity contribution in [2.45, 2.75) is 32.6 Å². The van der Waals surface area contributed by atoms with Crippen molar-refractivity contribution >= 4 is 0 Å². The van der Waals surface area contributed by atoms with E-state index >= 15 is 0 Å². The molecule has 0 saturated heterocycles. The highest BCUT2D eigenvalue weighted by molar-refractivity contribution is 4.73. The maximum Gasteiger partial charge on any atom is 0.0558 e. The first-order valence-corrected chi connectivity index (χ1v) is 6.42. The molecule has 1 atom stereocenters. The summed E-state index contributed by atoms with van der Waals surface area (Å²) in [6.07, 6.45) is 6.68. The Hall–Kier alpha value is -0.380. The van der Waals surface area contributed by atoms with Crippen LogP contribution in [0.1, 0.15) is 32.6 Å². The summed E-state index contributed by atoms with van der Waals surface area (Å²) in [7, 11) is 0. The fourth-order valence-electron chi connectivity index (χ4n) is 2.01. The van der Waals surface area contributed by atoms with Crippen LogP contribution >= 0.6 is 0 Å². The summed E-state index contributed by atoms with van der Waals surface area (Å²) in [5, 5.41) is 8.91. The first kappa shape index (κ1) is 15.6. The highest BCUT2D eigenvalue weighted by Gasteiger charge is 2.07. The van der Waals surface area contributed by atoms with Crippen LogP contribution in [0.3, 0.4) is 0 Å². The van der Waals surface area contributed by atoms with E-state index in [9.17, 15) is 0 Å². The molecule has 3 N–H and O–H groups in total. The Bertz CT molecular complexity index is 162. The molecule has 0 bridgehead atoms. The van der Waals surface area contributed by atoms with E-state index < -0.39 is 0 Å². The molecule has 0 aromatic heterocycles. The molecule has 0 spiro atoms. The monoisotopic (exact) mass is 228 g/mol. The minimum Gasteiger partial charge on any atom is -0.395 e. The Kier molecular flexibility index (Phi) is 10.9. The van der Waals surface area contributed by atoms with Crippen molar-refractivity contribution in [3.8, 4) is 0 Å². The van der Waals surface area contributed by atoms with Crippen LogP contribution in [0.5, 0.6) is 0 Å². The predicted molar refractivity (Wildman–Crippen MR) is 70.4 cm³/mol. The maximum atomic E-state index is 8.91. The van der Waals surface area contributed by atoms with Gasteiger partial charge in [0, 0.05) is 13.1 Å². The van der Waals surface area contributed by atoms with Gasteiger partial charge in [0.25, 0.3) is 0 Å². The van der Waals surface area contributed by atoms with E-state index in [2.05, 4.69) is 18.4 Å². The topological polar surface area (TPSA) is 49.5 Å². The lowest BCUT2D eigenvalue weighted by molar-refractivity contribution is 0.203. The van der Waals surface area contributed by atoms with E-state index in [1.807, 2.05) is 6.08 Å². The lowest BCUT2D eigenvalue weighted by atomic mass is 9.96. The molecule has 0 aliphatic heterocycles. The first-order chi connectivity index (χ1) is 7.78. The zero-order chi connectivity index (χ0) is 12.2. The van der Waals surface area contributed by atoms with Gasteiger partial charge in [-0.1, -0.05) is 19.4 Å². The van der Waals surface area contributed by atoms with Crippen molar-refractivity contribution in [3.05, 3.63) is 12.7 Å². The summed E-state index contributed by atoms with van der Waals surface area (Å²) in [5.74, 6) is 0.768. The maximum absolute atomic E-state index is 8.91. The Balaban J connectivity index is 3.69. The van der Waals surface area contributed by atoms with Crippen molar-refractivity contribution in [1.82, 2.24) is 4.90 Å². The van der Waals surface area contributed by atoms with E-state index in [4.69, 9.17) is 10.8 Å². The van der Waals surface area contributed by atoms with Crippen molar-refractivity contribution in [3.63, 3.8) is 0 Å². The second kappa shape index (κ2) is 11.1. The smallest absolute Gasteiger partial charge is 0.0558 e. The summed E-state index contributed by atoms with van der Waals surface area (Å²) >= 11 is 0. The molecule has 0 rings (SSSR count). The molecule has 0 heterocycles. The summed E-state index contributed by atoms with van der Waals surface area (Å²) in [6.45, 7) is 9.66. The largest absolute Gasteiger partial charge is 0.395 e. The second-order valence-corrected chi connectivity index (χ2v) is 4.31. The van der Waals surface area contributed by atoms with Crippen LogP contribution in [-0.2, 0) is 0 Å². The molecule has 0 aromatic carbocycles. The Morgan fingerprint density at radius 3 is 2.62 bits per heavy atom. The van der Waals surface area contributed by atoms with Gasteiger partial charge >= 0.3 is 0 Å². The van der Waals surface area contributed by atoms with E-state index in [0.29, 0.717) is 0 Å². The fourth-order valence-corrected chi connectivity index (χ4v) is 2.01. The Morgan fingerprint density at radius 1 is 1.38 bits per heavy atom. The van der Waals surface area contributed by atoms with Crippen LogP contribution in [0.4, 0.5) is 0 Å². The molecule has 1 unspecified atom stereocenters. The van der Waals surface area contributed by atoms with E-state index in [-0.39, 0.29) is 6.61 Å². The summed E-state index contributed by atoms with van der Waals surface area (Å²) in [5.41, 5.74) is 5.58. The van der Waals surface area contributed by atoms with Crippen molar-refractivity contribution < 1.29 is 5.11 Å². The molecular weight excluding hydrogens is 200 g/mol. The highest BCUT2D eigenvalue weighted by Crippen LogP contribution is 2.14.